The van der Waals surface area contributed by atoms with E-state index in [0.29, 0.717) is 0 Å². The van der Waals surface area contributed by atoms with Crippen molar-refractivity contribution in [1.29, 1.82) is 0 Å². The molecule has 0 atom stereocenters. The average Bonchev–Trinajstić information content (AvgIpc) is 2.69. The fraction of sp³-hybridized carbons (Fsp3) is 0.895. The van der Waals surface area contributed by atoms with Crippen molar-refractivity contribution in [2.45, 2.75) is 48.0 Å². The van der Waals surface area contributed by atoms with Crippen LogP contribution in [0.2, 0.25) is 0 Å². The molecule has 12 nitrogen and oxygen atoms in total. The predicted molar refractivity (Wildman–Crippen MR) is 122 cm³/mol. The van der Waals surface area contributed by atoms with Crippen molar-refractivity contribution in [3.63, 3.8) is 0 Å². The van der Waals surface area contributed by atoms with Crippen LogP contribution in [-0.4, -0.2) is 80.0 Å². The minimum absolute atomic E-state index is 0.129. The summed E-state index contributed by atoms with van der Waals surface area (Å²) in [6, 6.07) is 0. The Bertz CT molecular complexity index is 756. The first kappa shape index (κ1) is 31.4. The number of nitrogens with one attached hydrogen (secondary N) is 2. The van der Waals surface area contributed by atoms with E-state index in [4.69, 9.17) is 17.8 Å². The van der Waals surface area contributed by atoms with E-state index in [1.54, 1.807) is 41.5 Å². The topological polar surface area (TPSA) is 163 Å². The molecule has 0 saturated heterocycles. The van der Waals surface area contributed by atoms with Crippen LogP contribution in [0.1, 0.15) is 48.0 Å². The van der Waals surface area contributed by atoms with Crippen LogP contribution < -0.4 is 10.6 Å². The molecule has 196 valence electrons. The summed E-state index contributed by atoms with van der Waals surface area (Å²) in [4.78, 5) is 22.7. The Morgan fingerprint density at radius 2 is 1.03 bits per heavy atom. The van der Waals surface area contributed by atoms with Gasteiger partial charge in [-0.15, -0.1) is 0 Å². The van der Waals surface area contributed by atoms with Crippen LogP contribution in [-0.2, 0) is 38.1 Å². The smallest absolute Gasteiger partial charge is 0.407 e. The Morgan fingerprint density at radius 1 is 0.697 bits per heavy atom. The van der Waals surface area contributed by atoms with Gasteiger partial charge in [-0.1, -0.05) is 27.7 Å². The van der Waals surface area contributed by atoms with Crippen molar-refractivity contribution >= 4 is 32.4 Å². The molecule has 0 spiro atoms. The van der Waals surface area contributed by atoms with Crippen LogP contribution in [0.25, 0.3) is 0 Å². The predicted octanol–water partition coefficient (Wildman–Crippen LogP) is 1.61. The Hall–Kier alpha value is -1.64. The molecule has 0 aromatic carbocycles. The van der Waals surface area contributed by atoms with Gasteiger partial charge >= 0.3 is 12.2 Å². The van der Waals surface area contributed by atoms with E-state index in [1.165, 1.54) is 0 Å². The number of hydrogen-bond donors (Lipinski definition) is 2. The first-order valence-corrected chi connectivity index (χ1v) is 13.7. The van der Waals surface area contributed by atoms with Gasteiger partial charge in [0.2, 0.25) is 0 Å². The molecular weight excluding hydrogens is 480 g/mol. The summed E-state index contributed by atoms with van der Waals surface area (Å²) in [6.07, 6.45) is -1.44. The lowest BCUT2D eigenvalue weighted by Crippen LogP contribution is -2.38. The highest BCUT2D eigenvalue weighted by molar-refractivity contribution is 7.87. The molecule has 0 aliphatic rings. The molecule has 2 N–H and O–H groups in total. The van der Waals surface area contributed by atoms with E-state index in [9.17, 15) is 26.4 Å². The fourth-order valence-electron chi connectivity index (χ4n) is 2.12. The molecule has 0 fully saturated rings. The largest absolute Gasteiger partial charge is 0.450 e. The van der Waals surface area contributed by atoms with Crippen molar-refractivity contribution < 1.29 is 44.3 Å². The van der Waals surface area contributed by atoms with Crippen LogP contribution in [0.5, 0.6) is 0 Å². The van der Waals surface area contributed by atoms with Crippen LogP contribution in [0.15, 0.2) is 0 Å². The standard InChI is InChI=1S/C19H38N2O10S2/c1-7-28-16(22)20-12-18(3,4)14-30-32(24,25)10-9-11-33(26,27)31-15-19(5,6)13-21-17(23)29-8-2/h7-15H2,1-6H3,(H,20,22)(H,21,23). The zero-order valence-corrected chi connectivity index (χ0v) is 21.9. The van der Waals surface area contributed by atoms with Gasteiger partial charge in [-0.05, 0) is 20.3 Å². The number of carbonyl (C=O) groups excluding carboxylic acids is 2. The van der Waals surface area contributed by atoms with E-state index in [0.717, 1.165) is 0 Å². The van der Waals surface area contributed by atoms with Gasteiger partial charge in [0.25, 0.3) is 20.2 Å². The minimum atomic E-state index is -3.98. The average molecular weight is 519 g/mol. The summed E-state index contributed by atoms with van der Waals surface area (Å²) in [6.45, 7) is 10.4. The van der Waals surface area contributed by atoms with Gasteiger partial charge in [-0.25, -0.2) is 9.59 Å². The monoisotopic (exact) mass is 518 g/mol. The van der Waals surface area contributed by atoms with Crippen LogP contribution in [0.3, 0.4) is 0 Å². The number of hydrogen-bond acceptors (Lipinski definition) is 10. The molecule has 0 unspecified atom stereocenters. The maximum Gasteiger partial charge on any atom is 0.407 e. The van der Waals surface area contributed by atoms with Gasteiger partial charge in [-0.3, -0.25) is 8.37 Å². The summed E-state index contributed by atoms with van der Waals surface area (Å²) >= 11 is 0. The van der Waals surface area contributed by atoms with Crippen molar-refractivity contribution in [2.24, 2.45) is 10.8 Å². The van der Waals surface area contributed by atoms with Gasteiger partial charge in [0.05, 0.1) is 37.9 Å². The lowest BCUT2D eigenvalue weighted by Gasteiger charge is -2.24. The first-order chi connectivity index (χ1) is 15.0. The second-order valence-electron chi connectivity index (χ2n) is 8.88. The number of ether oxygens (including phenoxy) is 2. The Balaban J connectivity index is 4.43. The van der Waals surface area contributed by atoms with Gasteiger partial charge in [0.15, 0.2) is 0 Å². The second kappa shape index (κ2) is 13.9. The molecule has 0 radical (unpaired) electrons. The molecule has 0 saturated carbocycles. The van der Waals surface area contributed by atoms with Gasteiger partial charge < -0.3 is 20.1 Å². The van der Waals surface area contributed by atoms with Crippen LogP contribution >= 0.6 is 0 Å². The maximum atomic E-state index is 12.1. The molecule has 14 heteroatoms. The molecule has 0 aliphatic carbocycles. The highest BCUT2D eigenvalue weighted by Gasteiger charge is 2.26. The summed E-state index contributed by atoms with van der Waals surface area (Å²) < 4.78 is 67.8. The SMILES string of the molecule is CCOC(=O)NCC(C)(C)COS(=O)(=O)CCCS(=O)(=O)OCC(C)(C)CNC(=O)OCC. The normalized spacial score (nSPS) is 12.8. The van der Waals surface area contributed by atoms with Gasteiger partial charge in [0.1, 0.15) is 0 Å². The molecule has 0 aromatic rings. The molecule has 33 heavy (non-hydrogen) atoms. The van der Waals surface area contributed by atoms with Crippen LogP contribution in [0, 0.1) is 10.8 Å². The number of rotatable bonds is 16. The summed E-state index contributed by atoms with van der Waals surface area (Å²) in [5.74, 6) is -1.02. The summed E-state index contributed by atoms with van der Waals surface area (Å²) in [7, 11) is -7.96. The number of alkyl carbamates (subject to hydrolysis) is 2. The third-order valence-electron chi connectivity index (χ3n) is 4.02. The third-order valence-corrected chi connectivity index (χ3v) is 6.55. The van der Waals surface area contributed by atoms with E-state index in [-0.39, 0.29) is 45.9 Å². The van der Waals surface area contributed by atoms with Crippen molar-refractivity contribution in [3.8, 4) is 0 Å². The molecule has 0 aliphatic heterocycles. The fourth-order valence-corrected chi connectivity index (χ4v) is 4.53. The Kier molecular flexibility index (Phi) is 13.2. The Labute approximate surface area is 197 Å². The second-order valence-corrected chi connectivity index (χ2v) is 12.4. The van der Waals surface area contributed by atoms with Gasteiger partial charge in [0, 0.05) is 23.9 Å². The molecular formula is C19H38N2O10S2. The number of amides is 2. The first-order valence-electron chi connectivity index (χ1n) is 10.6. The van der Waals surface area contributed by atoms with E-state index in [1.807, 2.05) is 0 Å². The molecule has 0 heterocycles. The minimum Gasteiger partial charge on any atom is -0.450 e. The summed E-state index contributed by atoms with van der Waals surface area (Å²) in [5, 5.41) is 5.02. The van der Waals surface area contributed by atoms with E-state index >= 15 is 0 Å². The zero-order chi connectivity index (χ0) is 25.8. The van der Waals surface area contributed by atoms with Crippen molar-refractivity contribution in [1.82, 2.24) is 10.6 Å². The summed E-state index contributed by atoms with van der Waals surface area (Å²) in [5.41, 5.74) is -1.39. The lowest BCUT2D eigenvalue weighted by molar-refractivity contribution is 0.137. The number of carbonyl (C=O) groups is 2. The van der Waals surface area contributed by atoms with E-state index in [2.05, 4.69) is 10.6 Å². The highest BCUT2D eigenvalue weighted by Crippen LogP contribution is 2.18. The quantitative estimate of drug-likeness (QED) is 0.287. The molecule has 0 rings (SSSR count). The van der Waals surface area contributed by atoms with Crippen molar-refractivity contribution in [3.05, 3.63) is 0 Å². The Morgan fingerprint density at radius 3 is 1.33 bits per heavy atom. The molecule has 0 bridgehead atoms. The van der Waals surface area contributed by atoms with Crippen molar-refractivity contribution in [2.75, 3.05) is 51.0 Å². The third kappa shape index (κ3) is 16.6. The molecule has 2 amide bonds. The lowest BCUT2D eigenvalue weighted by atomic mass is 9.95. The highest BCUT2D eigenvalue weighted by atomic mass is 32.2. The zero-order valence-electron chi connectivity index (χ0n) is 20.3. The maximum absolute atomic E-state index is 12.1. The van der Waals surface area contributed by atoms with E-state index < -0.39 is 54.8 Å². The van der Waals surface area contributed by atoms with Crippen LogP contribution in [0.4, 0.5) is 9.59 Å². The van der Waals surface area contributed by atoms with Gasteiger partial charge in [-0.2, -0.15) is 16.8 Å². The molecule has 0 aromatic heterocycles.